The number of rotatable bonds is 2. The Labute approximate surface area is 80.5 Å². The summed E-state index contributed by atoms with van der Waals surface area (Å²) in [6.07, 6.45) is 5.11. The third kappa shape index (κ3) is 3.77. The number of carbonyl (C=O) groups is 1. The van der Waals surface area contributed by atoms with Crippen LogP contribution < -0.4 is 5.32 Å². The van der Waals surface area contributed by atoms with Gasteiger partial charge in [0.15, 0.2) is 0 Å². The Morgan fingerprint density at radius 3 is 2.92 bits per heavy atom. The summed E-state index contributed by atoms with van der Waals surface area (Å²) in [6, 6.07) is 0.511. The second kappa shape index (κ2) is 5.22. The van der Waals surface area contributed by atoms with Gasteiger partial charge in [0, 0.05) is 26.6 Å². The van der Waals surface area contributed by atoms with Gasteiger partial charge in [-0.1, -0.05) is 12.8 Å². The van der Waals surface area contributed by atoms with Crippen molar-refractivity contribution in [2.24, 2.45) is 0 Å². The molecule has 3 heteroatoms. The maximum absolute atomic E-state index is 11.0. The minimum atomic E-state index is 0.158. The molecule has 0 spiro atoms. The number of amides is 1. The molecule has 0 saturated carbocycles. The van der Waals surface area contributed by atoms with Gasteiger partial charge in [-0.2, -0.15) is 0 Å². The average molecular weight is 184 g/mol. The van der Waals surface area contributed by atoms with Crippen molar-refractivity contribution in [1.29, 1.82) is 0 Å². The van der Waals surface area contributed by atoms with E-state index in [4.69, 9.17) is 0 Å². The van der Waals surface area contributed by atoms with E-state index in [0.717, 1.165) is 13.1 Å². The van der Waals surface area contributed by atoms with Crippen molar-refractivity contribution in [3.63, 3.8) is 0 Å². The summed E-state index contributed by atoms with van der Waals surface area (Å²) in [6.45, 7) is 3.59. The fraction of sp³-hybridized carbons (Fsp3) is 0.900. The maximum Gasteiger partial charge on any atom is 0.219 e. The Morgan fingerprint density at radius 2 is 2.23 bits per heavy atom. The van der Waals surface area contributed by atoms with E-state index in [-0.39, 0.29) is 5.91 Å². The second-order valence-electron chi connectivity index (χ2n) is 3.90. The number of hydrogen-bond acceptors (Lipinski definition) is 2. The molecular weight excluding hydrogens is 164 g/mol. The molecule has 76 valence electrons. The van der Waals surface area contributed by atoms with E-state index in [1.54, 1.807) is 11.8 Å². The Balaban J connectivity index is 2.29. The van der Waals surface area contributed by atoms with Crippen molar-refractivity contribution in [2.75, 3.05) is 20.1 Å². The van der Waals surface area contributed by atoms with Crippen molar-refractivity contribution in [2.45, 2.75) is 38.6 Å². The van der Waals surface area contributed by atoms with E-state index in [1.165, 1.54) is 25.7 Å². The molecule has 1 unspecified atom stereocenters. The molecule has 0 aromatic carbocycles. The fourth-order valence-corrected chi connectivity index (χ4v) is 1.72. The summed E-state index contributed by atoms with van der Waals surface area (Å²) >= 11 is 0. The predicted molar refractivity (Wildman–Crippen MR) is 53.6 cm³/mol. The lowest BCUT2D eigenvalue weighted by Crippen LogP contribution is -2.40. The van der Waals surface area contributed by atoms with E-state index in [9.17, 15) is 4.79 Å². The first kappa shape index (κ1) is 10.5. The normalized spacial score (nSPS) is 23.7. The zero-order valence-electron chi connectivity index (χ0n) is 8.68. The molecule has 1 N–H and O–H groups in total. The van der Waals surface area contributed by atoms with Crippen LogP contribution in [0.1, 0.15) is 32.6 Å². The van der Waals surface area contributed by atoms with Crippen molar-refractivity contribution in [3.05, 3.63) is 0 Å². The van der Waals surface area contributed by atoms with Gasteiger partial charge in [0.05, 0.1) is 0 Å². The zero-order valence-corrected chi connectivity index (χ0v) is 8.68. The molecule has 1 aliphatic heterocycles. The Bertz CT molecular complexity index is 162. The van der Waals surface area contributed by atoms with Crippen molar-refractivity contribution >= 4 is 5.91 Å². The molecule has 1 atom stereocenters. The monoisotopic (exact) mass is 184 g/mol. The number of likely N-dealkylation sites (N-methyl/N-ethyl adjacent to an activating group) is 1. The quantitative estimate of drug-likeness (QED) is 0.694. The number of hydrogen-bond donors (Lipinski definition) is 1. The molecule has 0 aromatic rings. The van der Waals surface area contributed by atoms with Gasteiger partial charge >= 0.3 is 0 Å². The lowest BCUT2D eigenvalue weighted by atomic mass is 10.1. The van der Waals surface area contributed by atoms with Crippen LogP contribution in [-0.2, 0) is 4.79 Å². The van der Waals surface area contributed by atoms with Crippen LogP contribution in [0.25, 0.3) is 0 Å². The van der Waals surface area contributed by atoms with Gasteiger partial charge in [-0.25, -0.2) is 0 Å². The largest absolute Gasteiger partial charge is 0.344 e. The summed E-state index contributed by atoms with van der Waals surface area (Å²) in [4.78, 5) is 12.8. The van der Waals surface area contributed by atoms with Crippen LogP contribution in [0.3, 0.4) is 0 Å². The van der Waals surface area contributed by atoms with Crippen LogP contribution in [0.2, 0.25) is 0 Å². The highest BCUT2D eigenvalue weighted by Crippen LogP contribution is 2.08. The van der Waals surface area contributed by atoms with Crippen LogP contribution in [0, 0.1) is 0 Å². The minimum Gasteiger partial charge on any atom is -0.344 e. The minimum absolute atomic E-state index is 0.158. The molecular formula is C10H20N2O. The molecule has 13 heavy (non-hydrogen) atoms. The van der Waals surface area contributed by atoms with Gasteiger partial charge in [-0.05, 0) is 19.4 Å². The van der Waals surface area contributed by atoms with Gasteiger partial charge in [0.1, 0.15) is 0 Å². The molecule has 0 bridgehead atoms. The maximum atomic E-state index is 11.0. The molecule has 0 aliphatic carbocycles. The van der Waals surface area contributed by atoms with Crippen LogP contribution >= 0.6 is 0 Å². The molecule has 0 aromatic heterocycles. The molecule has 3 nitrogen and oxygen atoms in total. The topological polar surface area (TPSA) is 32.3 Å². The molecule has 1 saturated heterocycles. The second-order valence-corrected chi connectivity index (χ2v) is 3.90. The van der Waals surface area contributed by atoms with Crippen LogP contribution in [0.15, 0.2) is 0 Å². The summed E-state index contributed by atoms with van der Waals surface area (Å²) in [5.41, 5.74) is 0. The molecule has 1 fully saturated rings. The van der Waals surface area contributed by atoms with Crippen molar-refractivity contribution in [1.82, 2.24) is 10.2 Å². The summed E-state index contributed by atoms with van der Waals surface area (Å²) in [5.74, 6) is 0.158. The Kier molecular flexibility index (Phi) is 4.22. The highest BCUT2D eigenvalue weighted by molar-refractivity contribution is 5.72. The Hall–Kier alpha value is -0.570. The first-order valence-corrected chi connectivity index (χ1v) is 5.15. The SMILES string of the molecule is CC(=O)N(C)CC1CCCCCN1. The first-order valence-electron chi connectivity index (χ1n) is 5.15. The van der Waals surface area contributed by atoms with Crippen LogP contribution in [-0.4, -0.2) is 37.0 Å². The van der Waals surface area contributed by atoms with E-state index < -0.39 is 0 Å². The lowest BCUT2D eigenvalue weighted by Gasteiger charge is -2.22. The fourth-order valence-electron chi connectivity index (χ4n) is 1.72. The summed E-state index contributed by atoms with van der Waals surface area (Å²) in [5, 5.41) is 3.47. The zero-order chi connectivity index (χ0) is 9.68. The number of carbonyl (C=O) groups excluding carboxylic acids is 1. The van der Waals surface area contributed by atoms with Crippen molar-refractivity contribution in [3.8, 4) is 0 Å². The van der Waals surface area contributed by atoms with Crippen molar-refractivity contribution < 1.29 is 4.79 Å². The number of nitrogens with one attached hydrogen (secondary N) is 1. The smallest absolute Gasteiger partial charge is 0.219 e. The first-order chi connectivity index (χ1) is 6.20. The predicted octanol–water partition coefficient (Wildman–Crippen LogP) is 0.997. The standard InChI is InChI=1S/C10H20N2O/c1-9(13)12(2)8-10-6-4-3-5-7-11-10/h10-11H,3-8H2,1-2H3. The highest BCUT2D eigenvalue weighted by atomic mass is 16.2. The van der Waals surface area contributed by atoms with Crippen LogP contribution in [0.5, 0.6) is 0 Å². The molecule has 1 rings (SSSR count). The molecule has 1 amide bonds. The van der Waals surface area contributed by atoms with E-state index in [2.05, 4.69) is 5.32 Å². The average Bonchev–Trinajstić information content (AvgIpc) is 2.32. The number of nitrogens with zero attached hydrogens (tertiary/aromatic N) is 1. The lowest BCUT2D eigenvalue weighted by molar-refractivity contribution is -0.127. The van der Waals surface area contributed by atoms with E-state index in [0.29, 0.717) is 6.04 Å². The van der Waals surface area contributed by atoms with E-state index in [1.807, 2.05) is 7.05 Å². The third-order valence-corrected chi connectivity index (χ3v) is 2.69. The van der Waals surface area contributed by atoms with Gasteiger partial charge < -0.3 is 10.2 Å². The van der Waals surface area contributed by atoms with Gasteiger partial charge in [0.2, 0.25) is 5.91 Å². The Morgan fingerprint density at radius 1 is 1.46 bits per heavy atom. The molecule has 1 aliphatic rings. The van der Waals surface area contributed by atoms with Gasteiger partial charge in [-0.15, -0.1) is 0 Å². The van der Waals surface area contributed by atoms with Gasteiger partial charge in [0.25, 0.3) is 0 Å². The van der Waals surface area contributed by atoms with E-state index >= 15 is 0 Å². The molecule has 0 radical (unpaired) electrons. The summed E-state index contributed by atoms with van der Waals surface area (Å²) in [7, 11) is 1.87. The molecule has 1 heterocycles. The summed E-state index contributed by atoms with van der Waals surface area (Å²) < 4.78 is 0. The van der Waals surface area contributed by atoms with Gasteiger partial charge in [-0.3, -0.25) is 4.79 Å². The van der Waals surface area contributed by atoms with Crippen LogP contribution in [0.4, 0.5) is 0 Å². The highest BCUT2D eigenvalue weighted by Gasteiger charge is 2.14. The third-order valence-electron chi connectivity index (χ3n) is 2.69.